The SMILES string of the molecule is C=CCCC(=O)OC[C@]1(C)C2CC[C@@](C)([C@@]3(C)CC4CC(C)(C)[C@@H](OC(=O)CCC=C)[C@H](O)[C@]4(CO)[C@H](O)C3)C(CC=C)[C@@]2(C)CC[C@@H]1O. The van der Waals surface area contributed by atoms with Gasteiger partial charge in [-0.05, 0) is 98.2 Å². The quantitative estimate of drug-likeness (QED) is 0.124. The third kappa shape index (κ3) is 6.62. The van der Waals surface area contributed by atoms with E-state index in [9.17, 15) is 30.0 Å². The van der Waals surface area contributed by atoms with Crippen LogP contribution in [-0.4, -0.2) is 70.0 Å². The summed E-state index contributed by atoms with van der Waals surface area (Å²) in [6, 6.07) is 0. The van der Waals surface area contributed by atoms with Gasteiger partial charge in [0.05, 0.1) is 30.8 Å². The van der Waals surface area contributed by atoms with Crippen LogP contribution in [0.1, 0.15) is 119 Å². The van der Waals surface area contributed by atoms with Gasteiger partial charge in [0.15, 0.2) is 0 Å². The molecule has 4 N–H and O–H groups in total. The average Bonchev–Trinajstić information content (AvgIpc) is 3.03. The van der Waals surface area contributed by atoms with Gasteiger partial charge in [-0.3, -0.25) is 9.59 Å². The standard InChI is InChI=1S/C41H66O8/c1-10-13-16-32(45)48-26-39(8)28-18-21-40(9,29(15-12-3)38(28,7)20-19-30(39)43)37(6)23-27-22-36(4,5)35(49-33(46)17-14-11-2)34(47)41(27,25-42)31(44)24-37/h10-12,27-31,34-35,42-44,47H,1-3,13-26H2,4-9H3/t27?,28?,29?,30-,31+,34-,35-,37-,38-,39+,40+,41-/m0/s1. The van der Waals surface area contributed by atoms with Crippen molar-refractivity contribution in [1.29, 1.82) is 0 Å². The van der Waals surface area contributed by atoms with Crippen molar-refractivity contribution < 1.29 is 39.5 Å². The number of allylic oxidation sites excluding steroid dienone is 3. The van der Waals surface area contributed by atoms with Gasteiger partial charge in [0.1, 0.15) is 12.2 Å². The highest BCUT2D eigenvalue weighted by Crippen LogP contribution is 2.73. The molecule has 278 valence electrons. The Morgan fingerprint density at radius 2 is 1.45 bits per heavy atom. The smallest absolute Gasteiger partial charge is 0.306 e. The molecule has 49 heavy (non-hydrogen) atoms. The summed E-state index contributed by atoms with van der Waals surface area (Å²) in [4.78, 5) is 25.3. The number of aliphatic hydroxyl groups is 4. The molecule has 12 atom stereocenters. The summed E-state index contributed by atoms with van der Waals surface area (Å²) in [6.45, 7) is 24.5. The lowest BCUT2D eigenvalue weighted by atomic mass is 9.35. The molecule has 0 radical (unpaired) electrons. The van der Waals surface area contributed by atoms with E-state index in [-0.39, 0.29) is 59.4 Å². The molecule has 0 aliphatic heterocycles. The van der Waals surface area contributed by atoms with Crippen LogP contribution >= 0.6 is 0 Å². The van der Waals surface area contributed by atoms with E-state index >= 15 is 0 Å². The minimum absolute atomic E-state index is 0.106. The van der Waals surface area contributed by atoms with Crippen LogP contribution in [0.25, 0.3) is 0 Å². The molecule has 8 heteroatoms. The van der Waals surface area contributed by atoms with E-state index in [2.05, 4.69) is 47.4 Å². The van der Waals surface area contributed by atoms with E-state index in [0.717, 1.165) is 25.7 Å². The van der Waals surface area contributed by atoms with E-state index in [1.807, 2.05) is 19.9 Å². The predicted molar refractivity (Wildman–Crippen MR) is 191 cm³/mol. The molecule has 0 aromatic heterocycles. The first-order chi connectivity index (χ1) is 22.9. The highest BCUT2D eigenvalue weighted by molar-refractivity contribution is 5.70. The predicted octanol–water partition coefficient (Wildman–Crippen LogP) is 6.70. The Balaban J connectivity index is 1.68. The fourth-order valence-electron chi connectivity index (χ4n) is 11.8. The Morgan fingerprint density at radius 1 is 0.816 bits per heavy atom. The molecule has 4 rings (SSSR count). The number of hydrogen-bond donors (Lipinski definition) is 4. The van der Waals surface area contributed by atoms with E-state index in [4.69, 9.17) is 9.47 Å². The van der Waals surface area contributed by atoms with Crippen molar-refractivity contribution >= 4 is 11.9 Å². The molecule has 0 amide bonds. The molecule has 0 spiro atoms. The van der Waals surface area contributed by atoms with Crippen molar-refractivity contribution in [1.82, 2.24) is 0 Å². The second kappa shape index (κ2) is 14.6. The van der Waals surface area contributed by atoms with Gasteiger partial charge < -0.3 is 29.9 Å². The van der Waals surface area contributed by atoms with Crippen molar-refractivity contribution in [2.24, 2.45) is 50.2 Å². The Labute approximate surface area is 295 Å². The number of ether oxygens (including phenoxy) is 2. The zero-order valence-corrected chi connectivity index (χ0v) is 31.2. The zero-order chi connectivity index (χ0) is 36.6. The van der Waals surface area contributed by atoms with Crippen molar-refractivity contribution in [2.75, 3.05) is 13.2 Å². The third-order valence-electron chi connectivity index (χ3n) is 14.9. The van der Waals surface area contributed by atoms with E-state index in [0.29, 0.717) is 38.5 Å². The van der Waals surface area contributed by atoms with Gasteiger partial charge in [-0.15, -0.1) is 19.7 Å². The second-order valence-electron chi connectivity index (χ2n) is 18.0. The van der Waals surface area contributed by atoms with Crippen LogP contribution < -0.4 is 0 Å². The van der Waals surface area contributed by atoms with Crippen LogP contribution in [-0.2, 0) is 19.1 Å². The fourth-order valence-corrected chi connectivity index (χ4v) is 11.8. The highest BCUT2D eigenvalue weighted by atomic mass is 16.6. The van der Waals surface area contributed by atoms with Gasteiger partial charge in [0.2, 0.25) is 0 Å². The van der Waals surface area contributed by atoms with Crippen molar-refractivity contribution in [3.05, 3.63) is 38.0 Å². The lowest BCUT2D eigenvalue weighted by molar-refractivity contribution is -0.278. The van der Waals surface area contributed by atoms with E-state index in [1.165, 1.54) is 0 Å². The number of carbonyl (C=O) groups excluding carboxylic acids is 2. The summed E-state index contributed by atoms with van der Waals surface area (Å²) >= 11 is 0. The molecule has 0 saturated heterocycles. The summed E-state index contributed by atoms with van der Waals surface area (Å²) in [6.07, 6.45) is 8.75. The Kier molecular flexibility index (Phi) is 11.8. The maximum atomic E-state index is 12.8. The molecule has 4 aliphatic carbocycles. The summed E-state index contributed by atoms with van der Waals surface area (Å²) in [5.41, 5.74) is -3.20. The number of aliphatic hydroxyl groups excluding tert-OH is 4. The average molecular weight is 687 g/mol. The van der Waals surface area contributed by atoms with Crippen LogP contribution in [0.15, 0.2) is 38.0 Å². The molecular formula is C41H66O8. The van der Waals surface area contributed by atoms with Gasteiger partial charge >= 0.3 is 11.9 Å². The molecular weight excluding hydrogens is 620 g/mol. The Morgan fingerprint density at radius 3 is 2.04 bits per heavy atom. The highest BCUT2D eigenvalue weighted by Gasteiger charge is 2.70. The number of esters is 2. The molecule has 0 bridgehead atoms. The van der Waals surface area contributed by atoms with Gasteiger partial charge in [-0.1, -0.05) is 59.8 Å². The minimum atomic E-state index is -1.22. The summed E-state index contributed by atoms with van der Waals surface area (Å²) in [5.74, 6) is -0.626. The molecule has 4 saturated carbocycles. The Hall–Kier alpha value is -2.00. The first-order valence-electron chi connectivity index (χ1n) is 18.7. The van der Waals surface area contributed by atoms with Crippen molar-refractivity contribution in [3.8, 4) is 0 Å². The normalized spacial score (nSPS) is 44.5. The maximum absolute atomic E-state index is 12.8. The summed E-state index contributed by atoms with van der Waals surface area (Å²) < 4.78 is 11.7. The topological polar surface area (TPSA) is 134 Å². The third-order valence-corrected chi connectivity index (χ3v) is 14.9. The van der Waals surface area contributed by atoms with Crippen molar-refractivity contribution in [3.63, 3.8) is 0 Å². The number of hydrogen-bond acceptors (Lipinski definition) is 8. The first-order valence-corrected chi connectivity index (χ1v) is 18.7. The second-order valence-corrected chi connectivity index (χ2v) is 18.0. The number of rotatable bonds is 13. The monoisotopic (exact) mass is 686 g/mol. The number of carbonyl (C=O) groups is 2. The molecule has 0 aromatic rings. The lowest BCUT2D eigenvalue weighted by Crippen LogP contribution is -2.70. The van der Waals surface area contributed by atoms with Gasteiger partial charge in [-0.2, -0.15) is 0 Å². The maximum Gasteiger partial charge on any atom is 0.306 e. The van der Waals surface area contributed by atoms with Gasteiger partial charge in [0.25, 0.3) is 0 Å². The summed E-state index contributed by atoms with van der Waals surface area (Å²) in [5, 5.41) is 46.7. The van der Waals surface area contributed by atoms with Crippen LogP contribution in [0.4, 0.5) is 0 Å². The largest absolute Gasteiger partial charge is 0.465 e. The van der Waals surface area contributed by atoms with Crippen LogP contribution in [0.5, 0.6) is 0 Å². The van der Waals surface area contributed by atoms with E-state index in [1.54, 1.807) is 12.2 Å². The molecule has 8 nitrogen and oxygen atoms in total. The first kappa shape index (κ1) is 39.8. The molecule has 0 heterocycles. The van der Waals surface area contributed by atoms with Gasteiger partial charge in [0, 0.05) is 23.7 Å². The van der Waals surface area contributed by atoms with Crippen LogP contribution in [0.3, 0.4) is 0 Å². The molecule has 3 unspecified atom stereocenters. The van der Waals surface area contributed by atoms with Gasteiger partial charge in [-0.25, -0.2) is 0 Å². The number of fused-ring (bicyclic) bond motifs is 2. The van der Waals surface area contributed by atoms with Crippen molar-refractivity contribution in [2.45, 2.75) is 143 Å². The molecule has 0 aromatic carbocycles. The van der Waals surface area contributed by atoms with E-state index < -0.39 is 53.2 Å². The Bertz CT molecular complexity index is 1250. The molecule has 4 fully saturated rings. The fraction of sp³-hybridized carbons (Fsp3) is 0.805. The molecule has 4 aliphatic rings. The minimum Gasteiger partial charge on any atom is -0.465 e. The summed E-state index contributed by atoms with van der Waals surface area (Å²) in [7, 11) is 0. The lowest BCUT2D eigenvalue weighted by Gasteiger charge is -2.70. The zero-order valence-electron chi connectivity index (χ0n) is 31.2. The van der Waals surface area contributed by atoms with Crippen LogP contribution in [0.2, 0.25) is 0 Å². The van der Waals surface area contributed by atoms with Crippen LogP contribution in [0, 0.1) is 50.2 Å².